The Labute approximate surface area is 114 Å². The van der Waals surface area contributed by atoms with E-state index in [1.807, 2.05) is 0 Å². The Balaban J connectivity index is 2.21. The average molecular weight is 271 g/mol. The summed E-state index contributed by atoms with van der Waals surface area (Å²) in [5.41, 5.74) is 0. The van der Waals surface area contributed by atoms with Crippen molar-refractivity contribution in [2.24, 2.45) is 5.92 Å². The molecule has 0 bridgehead atoms. The molecule has 18 heavy (non-hydrogen) atoms. The molecule has 0 fully saturated rings. The smallest absolute Gasteiger partial charge is 0.117 e. The largest absolute Gasteiger partial charge is 0.384 e. The highest BCUT2D eigenvalue weighted by Crippen LogP contribution is 2.15. The maximum absolute atomic E-state index is 5.13. The highest BCUT2D eigenvalue weighted by atomic mass is 32.1. The lowest BCUT2D eigenvalue weighted by molar-refractivity contribution is 0.159. The van der Waals surface area contributed by atoms with Crippen LogP contribution in [0.5, 0.6) is 0 Å². The van der Waals surface area contributed by atoms with Gasteiger partial charge in [0.25, 0.3) is 0 Å². The van der Waals surface area contributed by atoms with Gasteiger partial charge in [-0.25, -0.2) is 0 Å². The van der Waals surface area contributed by atoms with Gasteiger partial charge in [0.05, 0.1) is 0 Å². The van der Waals surface area contributed by atoms with Crippen LogP contribution < -0.4 is 5.32 Å². The molecular weight excluding hydrogens is 246 g/mol. The van der Waals surface area contributed by atoms with Crippen molar-refractivity contribution in [3.63, 3.8) is 0 Å². The van der Waals surface area contributed by atoms with Gasteiger partial charge in [0.1, 0.15) is 10.0 Å². The Morgan fingerprint density at radius 1 is 1.28 bits per heavy atom. The molecule has 5 heteroatoms. The molecule has 0 spiro atoms. The molecule has 0 aliphatic rings. The maximum atomic E-state index is 5.13. The van der Waals surface area contributed by atoms with E-state index in [4.69, 9.17) is 4.74 Å². The zero-order valence-corrected chi connectivity index (χ0v) is 12.6. The Morgan fingerprint density at radius 3 is 2.78 bits per heavy atom. The topological polar surface area (TPSA) is 47.0 Å². The normalized spacial score (nSPS) is 12.8. The van der Waals surface area contributed by atoms with Crippen molar-refractivity contribution < 1.29 is 4.74 Å². The van der Waals surface area contributed by atoms with Gasteiger partial charge in [0.2, 0.25) is 0 Å². The van der Waals surface area contributed by atoms with Gasteiger partial charge in [-0.15, -0.1) is 21.5 Å². The van der Waals surface area contributed by atoms with Crippen LogP contribution in [0.1, 0.15) is 36.7 Å². The molecule has 1 N–H and O–H groups in total. The zero-order valence-electron chi connectivity index (χ0n) is 11.7. The molecule has 1 unspecified atom stereocenters. The van der Waals surface area contributed by atoms with Crippen LogP contribution in [-0.2, 0) is 17.6 Å². The third-order valence-corrected chi connectivity index (χ3v) is 3.66. The van der Waals surface area contributed by atoms with Crippen LogP contribution in [0.4, 0.5) is 0 Å². The van der Waals surface area contributed by atoms with Gasteiger partial charge in [-0.05, 0) is 31.8 Å². The number of methoxy groups -OCH3 is 1. The van der Waals surface area contributed by atoms with Crippen LogP contribution in [0, 0.1) is 5.92 Å². The first-order valence-corrected chi connectivity index (χ1v) is 7.58. The van der Waals surface area contributed by atoms with Gasteiger partial charge in [-0.2, -0.15) is 0 Å². The molecule has 0 saturated heterocycles. The number of ether oxygens (including phenoxy) is 1. The lowest BCUT2D eigenvalue weighted by Crippen LogP contribution is -2.16. The fourth-order valence-corrected chi connectivity index (χ4v) is 2.83. The molecule has 1 rings (SSSR count). The Bertz CT molecular complexity index is 317. The Kier molecular flexibility index (Phi) is 8.13. The fraction of sp³-hybridized carbons (Fsp3) is 0.846. The first-order valence-electron chi connectivity index (χ1n) is 6.77. The van der Waals surface area contributed by atoms with E-state index in [1.165, 1.54) is 6.42 Å². The monoisotopic (exact) mass is 271 g/mol. The van der Waals surface area contributed by atoms with Crippen LogP contribution in [0.3, 0.4) is 0 Å². The number of aryl methyl sites for hydroxylation is 1. The molecule has 0 aliphatic carbocycles. The molecule has 1 heterocycles. The highest BCUT2D eigenvalue weighted by molar-refractivity contribution is 7.11. The predicted molar refractivity (Wildman–Crippen MR) is 76.1 cm³/mol. The van der Waals surface area contributed by atoms with Gasteiger partial charge >= 0.3 is 0 Å². The molecule has 0 amide bonds. The molecule has 1 aromatic heterocycles. The van der Waals surface area contributed by atoms with Crippen molar-refractivity contribution in [1.82, 2.24) is 15.5 Å². The number of nitrogens with one attached hydrogen (secondary N) is 1. The summed E-state index contributed by atoms with van der Waals surface area (Å²) in [6.07, 6.45) is 4.34. The summed E-state index contributed by atoms with van der Waals surface area (Å²) >= 11 is 1.75. The van der Waals surface area contributed by atoms with Gasteiger partial charge in [-0.1, -0.05) is 13.8 Å². The average Bonchev–Trinajstić information content (AvgIpc) is 2.77. The number of hydrogen-bond donors (Lipinski definition) is 1. The summed E-state index contributed by atoms with van der Waals surface area (Å²) in [7, 11) is 1.74. The molecule has 4 nitrogen and oxygen atoms in total. The van der Waals surface area contributed by atoms with Gasteiger partial charge in [0.15, 0.2) is 0 Å². The first-order chi connectivity index (χ1) is 8.76. The summed E-state index contributed by atoms with van der Waals surface area (Å²) in [4.78, 5) is 0. The van der Waals surface area contributed by atoms with Crippen LogP contribution in [0.2, 0.25) is 0 Å². The van der Waals surface area contributed by atoms with Gasteiger partial charge < -0.3 is 10.1 Å². The minimum absolute atomic E-state index is 0.516. The van der Waals surface area contributed by atoms with E-state index in [9.17, 15) is 0 Å². The van der Waals surface area contributed by atoms with Crippen molar-refractivity contribution in [3.8, 4) is 0 Å². The minimum atomic E-state index is 0.516. The van der Waals surface area contributed by atoms with E-state index in [2.05, 4.69) is 29.4 Å². The van der Waals surface area contributed by atoms with Crippen LogP contribution in [0.15, 0.2) is 0 Å². The number of nitrogens with zero attached hydrogens (tertiary/aromatic N) is 2. The van der Waals surface area contributed by atoms with E-state index in [0.29, 0.717) is 5.92 Å². The molecule has 1 atom stereocenters. The van der Waals surface area contributed by atoms with Crippen molar-refractivity contribution in [2.75, 3.05) is 26.8 Å². The minimum Gasteiger partial charge on any atom is -0.384 e. The summed E-state index contributed by atoms with van der Waals surface area (Å²) in [5, 5.41) is 14.2. The van der Waals surface area contributed by atoms with Gasteiger partial charge in [-0.3, -0.25) is 0 Å². The second kappa shape index (κ2) is 9.42. The predicted octanol–water partition coefficient (Wildman–Crippen LogP) is 2.30. The van der Waals surface area contributed by atoms with Crippen LogP contribution >= 0.6 is 11.3 Å². The van der Waals surface area contributed by atoms with E-state index in [1.54, 1.807) is 18.4 Å². The van der Waals surface area contributed by atoms with Crippen molar-refractivity contribution in [1.29, 1.82) is 0 Å². The molecule has 1 aromatic rings. The molecule has 0 saturated carbocycles. The second-order valence-electron chi connectivity index (χ2n) is 4.71. The van der Waals surface area contributed by atoms with Crippen LogP contribution in [-0.4, -0.2) is 37.0 Å². The fourth-order valence-electron chi connectivity index (χ4n) is 1.78. The number of hydrogen-bond acceptors (Lipinski definition) is 5. The van der Waals surface area contributed by atoms with Gasteiger partial charge in [0, 0.05) is 26.6 Å². The summed E-state index contributed by atoms with van der Waals surface area (Å²) in [6.45, 7) is 7.33. The molecule has 104 valence electrons. The first kappa shape index (κ1) is 15.5. The Hall–Kier alpha value is -0.520. The third-order valence-electron chi connectivity index (χ3n) is 2.65. The second-order valence-corrected chi connectivity index (χ2v) is 5.85. The van der Waals surface area contributed by atoms with Crippen molar-refractivity contribution >= 4 is 11.3 Å². The molecule has 0 radical (unpaired) electrons. The van der Waals surface area contributed by atoms with E-state index in [-0.39, 0.29) is 0 Å². The number of aromatic nitrogens is 2. The van der Waals surface area contributed by atoms with Crippen LogP contribution in [0.25, 0.3) is 0 Å². The maximum Gasteiger partial charge on any atom is 0.117 e. The Morgan fingerprint density at radius 2 is 2.06 bits per heavy atom. The quantitative estimate of drug-likeness (QED) is 0.663. The zero-order chi connectivity index (χ0) is 13.2. The van der Waals surface area contributed by atoms with E-state index < -0.39 is 0 Å². The molecule has 0 aromatic carbocycles. The molecular formula is C13H25N3OS. The lowest BCUT2D eigenvalue weighted by atomic mass is 10.1. The lowest BCUT2D eigenvalue weighted by Gasteiger charge is -2.06. The third kappa shape index (κ3) is 6.42. The number of rotatable bonds is 10. The summed E-state index contributed by atoms with van der Waals surface area (Å²) < 4.78 is 5.13. The summed E-state index contributed by atoms with van der Waals surface area (Å²) in [5.74, 6) is 0.516. The van der Waals surface area contributed by atoms with Crippen molar-refractivity contribution in [2.45, 2.75) is 39.5 Å². The van der Waals surface area contributed by atoms with Crippen molar-refractivity contribution in [3.05, 3.63) is 10.0 Å². The SMILES string of the molecule is CCCNCCCc1nnc(CC(C)COC)s1. The standard InChI is InChI=1S/C13H25N3OS/c1-4-7-14-8-5-6-12-15-16-13(18-12)9-11(2)10-17-3/h11,14H,4-10H2,1-3H3. The summed E-state index contributed by atoms with van der Waals surface area (Å²) in [6, 6.07) is 0. The van der Waals surface area contributed by atoms with E-state index >= 15 is 0 Å². The molecule has 0 aliphatic heterocycles. The van der Waals surface area contributed by atoms with E-state index in [0.717, 1.165) is 49.0 Å². The highest BCUT2D eigenvalue weighted by Gasteiger charge is 2.08.